The average molecular weight is 257 g/mol. The first-order valence-electron chi connectivity index (χ1n) is 5.55. The van der Waals surface area contributed by atoms with E-state index in [1.165, 1.54) is 19.3 Å². The van der Waals surface area contributed by atoms with Crippen molar-refractivity contribution in [2.45, 2.75) is 0 Å². The van der Waals surface area contributed by atoms with Gasteiger partial charge in [-0.25, -0.2) is 4.79 Å². The maximum absolute atomic E-state index is 11.1. The van der Waals surface area contributed by atoms with Crippen molar-refractivity contribution in [2.75, 3.05) is 7.11 Å². The first kappa shape index (κ1) is 12.8. The van der Waals surface area contributed by atoms with Crippen LogP contribution in [0.5, 0.6) is 0 Å². The van der Waals surface area contributed by atoms with Gasteiger partial charge >= 0.3 is 5.97 Å². The van der Waals surface area contributed by atoms with Gasteiger partial charge < -0.3 is 4.74 Å². The van der Waals surface area contributed by atoms with E-state index in [0.717, 1.165) is 16.8 Å². The van der Waals surface area contributed by atoms with E-state index in [0.29, 0.717) is 5.56 Å². The Bertz CT molecular complexity index is 676. The molecule has 2 rings (SSSR count). The first-order valence-corrected chi connectivity index (χ1v) is 5.55. The standard InChI is InChI=1S/C14H11NO4/c1-19-14(16)7-6-12-8-10-4-2-3-5-11(10)9-13(12)15(17)18/h2-9H,1H3. The third kappa shape index (κ3) is 2.77. The van der Waals surface area contributed by atoms with Gasteiger partial charge in [0.1, 0.15) is 0 Å². The summed E-state index contributed by atoms with van der Waals surface area (Å²) in [5.41, 5.74) is 0.327. The number of esters is 1. The molecule has 0 aromatic heterocycles. The third-order valence-corrected chi connectivity index (χ3v) is 2.69. The molecule has 0 heterocycles. The fourth-order valence-corrected chi connectivity index (χ4v) is 1.76. The Morgan fingerprint density at radius 2 is 1.89 bits per heavy atom. The monoisotopic (exact) mass is 257 g/mol. The zero-order valence-corrected chi connectivity index (χ0v) is 10.2. The van der Waals surface area contributed by atoms with E-state index in [2.05, 4.69) is 4.74 Å². The minimum atomic E-state index is -0.553. The SMILES string of the molecule is COC(=O)C=Cc1cc2ccccc2cc1[N+](=O)[O-]. The highest BCUT2D eigenvalue weighted by Gasteiger charge is 2.13. The molecule has 0 bridgehead atoms. The molecule has 0 amide bonds. The molecule has 0 saturated carbocycles. The molecule has 0 atom stereocenters. The van der Waals surface area contributed by atoms with Gasteiger partial charge in [0, 0.05) is 12.1 Å². The minimum Gasteiger partial charge on any atom is -0.466 e. The third-order valence-electron chi connectivity index (χ3n) is 2.69. The van der Waals surface area contributed by atoms with Crippen LogP contribution in [0, 0.1) is 10.1 Å². The summed E-state index contributed by atoms with van der Waals surface area (Å²) in [5.74, 6) is -0.553. The number of hydrogen-bond donors (Lipinski definition) is 0. The Morgan fingerprint density at radius 3 is 2.47 bits per heavy atom. The van der Waals surface area contributed by atoms with Crippen LogP contribution in [-0.4, -0.2) is 18.0 Å². The zero-order chi connectivity index (χ0) is 13.8. The fourth-order valence-electron chi connectivity index (χ4n) is 1.76. The molecule has 2 aromatic carbocycles. The molecule has 0 radical (unpaired) electrons. The predicted molar refractivity (Wildman–Crippen MR) is 71.7 cm³/mol. The van der Waals surface area contributed by atoms with Gasteiger partial charge in [0.2, 0.25) is 0 Å². The van der Waals surface area contributed by atoms with Gasteiger partial charge in [-0.05, 0) is 22.9 Å². The summed E-state index contributed by atoms with van der Waals surface area (Å²) in [6, 6.07) is 10.5. The Labute approximate surface area is 109 Å². The molecule has 0 aliphatic carbocycles. The number of ether oxygens (including phenoxy) is 1. The van der Waals surface area contributed by atoms with Crippen LogP contribution in [0.25, 0.3) is 16.8 Å². The number of carbonyl (C=O) groups is 1. The maximum Gasteiger partial charge on any atom is 0.330 e. The Kier molecular flexibility index (Phi) is 3.56. The molecule has 2 aromatic rings. The van der Waals surface area contributed by atoms with Crippen LogP contribution in [-0.2, 0) is 9.53 Å². The topological polar surface area (TPSA) is 69.4 Å². The molecule has 0 saturated heterocycles. The number of benzene rings is 2. The number of rotatable bonds is 3. The summed E-state index contributed by atoms with van der Waals surface area (Å²) >= 11 is 0. The molecule has 0 unspecified atom stereocenters. The number of hydrogen-bond acceptors (Lipinski definition) is 4. The van der Waals surface area contributed by atoms with Crippen LogP contribution >= 0.6 is 0 Å². The number of fused-ring (bicyclic) bond motifs is 1. The van der Waals surface area contributed by atoms with Crippen molar-refractivity contribution in [2.24, 2.45) is 0 Å². The summed E-state index contributed by atoms with van der Waals surface area (Å²) in [6.45, 7) is 0. The fraction of sp³-hybridized carbons (Fsp3) is 0.0714. The van der Waals surface area contributed by atoms with Crippen LogP contribution in [0.1, 0.15) is 5.56 Å². The summed E-state index contributed by atoms with van der Waals surface area (Å²) in [4.78, 5) is 21.6. The summed E-state index contributed by atoms with van der Waals surface area (Å²) in [5, 5.41) is 12.7. The largest absolute Gasteiger partial charge is 0.466 e. The van der Waals surface area contributed by atoms with Crippen LogP contribution in [0.3, 0.4) is 0 Å². The number of nitrogens with zero attached hydrogens (tertiary/aromatic N) is 1. The smallest absolute Gasteiger partial charge is 0.330 e. The van der Waals surface area contributed by atoms with Gasteiger partial charge in [0.15, 0.2) is 0 Å². The molecular formula is C14H11NO4. The van der Waals surface area contributed by atoms with E-state index in [1.807, 2.05) is 18.2 Å². The van der Waals surface area contributed by atoms with E-state index in [9.17, 15) is 14.9 Å². The highest BCUT2D eigenvalue weighted by atomic mass is 16.6. The zero-order valence-electron chi connectivity index (χ0n) is 10.2. The van der Waals surface area contributed by atoms with Crippen molar-refractivity contribution in [1.29, 1.82) is 0 Å². The molecule has 5 heteroatoms. The number of nitro benzene ring substituents is 1. The quantitative estimate of drug-likeness (QED) is 0.367. The second-order valence-electron chi connectivity index (χ2n) is 3.87. The molecule has 5 nitrogen and oxygen atoms in total. The van der Waals surface area contributed by atoms with Crippen molar-refractivity contribution in [3.05, 3.63) is 58.2 Å². The Hall–Kier alpha value is -2.69. The van der Waals surface area contributed by atoms with E-state index in [1.54, 1.807) is 12.1 Å². The van der Waals surface area contributed by atoms with Gasteiger partial charge in [0.25, 0.3) is 5.69 Å². The average Bonchev–Trinajstić information content (AvgIpc) is 2.43. The normalized spacial score (nSPS) is 10.8. The molecule has 0 aliphatic rings. The van der Waals surface area contributed by atoms with Gasteiger partial charge in [-0.3, -0.25) is 10.1 Å². The van der Waals surface area contributed by atoms with Crippen molar-refractivity contribution < 1.29 is 14.5 Å². The number of nitro groups is 1. The van der Waals surface area contributed by atoms with E-state index in [4.69, 9.17) is 0 Å². The van der Waals surface area contributed by atoms with Crippen molar-refractivity contribution >= 4 is 28.5 Å². The van der Waals surface area contributed by atoms with Gasteiger partial charge in [0.05, 0.1) is 17.6 Å². The van der Waals surface area contributed by atoms with Gasteiger partial charge in [-0.1, -0.05) is 24.3 Å². The van der Waals surface area contributed by atoms with Crippen LogP contribution in [0.4, 0.5) is 5.69 Å². The lowest BCUT2D eigenvalue weighted by Gasteiger charge is -2.01. The number of methoxy groups -OCH3 is 1. The molecule has 0 aliphatic heterocycles. The molecule has 0 spiro atoms. The summed E-state index contributed by atoms with van der Waals surface area (Å²) < 4.78 is 4.46. The lowest BCUT2D eigenvalue weighted by Crippen LogP contribution is -1.95. The van der Waals surface area contributed by atoms with Crippen molar-refractivity contribution in [3.8, 4) is 0 Å². The number of carbonyl (C=O) groups excluding carboxylic acids is 1. The van der Waals surface area contributed by atoms with Gasteiger partial charge in [-0.15, -0.1) is 0 Å². The first-order chi connectivity index (χ1) is 9.11. The molecular weight excluding hydrogens is 246 g/mol. The van der Waals surface area contributed by atoms with E-state index < -0.39 is 10.9 Å². The summed E-state index contributed by atoms with van der Waals surface area (Å²) in [6.07, 6.45) is 2.55. The maximum atomic E-state index is 11.1. The van der Waals surface area contributed by atoms with E-state index >= 15 is 0 Å². The molecule has 19 heavy (non-hydrogen) atoms. The van der Waals surface area contributed by atoms with Crippen molar-refractivity contribution in [3.63, 3.8) is 0 Å². The van der Waals surface area contributed by atoms with Crippen molar-refractivity contribution in [1.82, 2.24) is 0 Å². The predicted octanol–water partition coefficient (Wildman–Crippen LogP) is 2.93. The Balaban J connectivity index is 2.57. The minimum absolute atomic E-state index is 0.0427. The molecule has 96 valence electrons. The summed E-state index contributed by atoms with van der Waals surface area (Å²) in [7, 11) is 1.25. The lowest BCUT2D eigenvalue weighted by atomic mass is 10.0. The Morgan fingerprint density at radius 1 is 1.26 bits per heavy atom. The van der Waals surface area contributed by atoms with E-state index in [-0.39, 0.29) is 5.69 Å². The van der Waals surface area contributed by atoms with Crippen LogP contribution in [0.2, 0.25) is 0 Å². The highest BCUT2D eigenvalue weighted by molar-refractivity contribution is 5.92. The second-order valence-corrected chi connectivity index (χ2v) is 3.87. The lowest BCUT2D eigenvalue weighted by molar-refractivity contribution is -0.384. The van der Waals surface area contributed by atoms with Gasteiger partial charge in [-0.2, -0.15) is 0 Å². The second kappa shape index (κ2) is 5.30. The molecule has 0 N–H and O–H groups in total. The van der Waals surface area contributed by atoms with Crippen LogP contribution in [0.15, 0.2) is 42.5 Å². The molecule has 0 fully saturated rings. The highest BCUT2D eigenvalue weighted by Crippen LogP contribution is 2.26. The van der Waals surface area contributed by atoms with Crippen LogP contribution < -0.4 is 0 Å².